The van der Waals surface area contributed by atoms with Crippen LogP contribution in [0.15, 0.2) is 52.3 Å². The third-order valence-corrected chi connectivity index (χ3v) is 19.0. The Balaban J connectivity index is 1.36. The van der Waals surface area contributed by atoms with Gasteiger partial charge in [-0.05, 0) is 125 Å². The van der Waals surface area contributed by atoms with Crippen LogP contribution in [0.1, 0.15) is 123 Å². The molecule has 1 fully saturated rings. The van der Waals surface area contributed by atoms with E-state index in [0.29, 0.717) is 37.6 Å². The maximum absolute atomic E-state index is 15.9. The number of aliphatic hydroxyl groups is 1. The maximum Gasteiger partial charge on any atom is 0.514 e. The number of benzene rings is 2. The van der Waals surface area contributed by atoms with E-state index >= 15 is 9.59 Å². The molecule has 334 valence electrons. The van der Waals surface area contributed by atoms with Gasteiger partial charge in [0.05, 0.1) is 11.6 Å². The Bertz CT molecular complexity index is 2310. The Kier molecular flexibility index (Phi) is 11.1. The molecular formula is C48H64N4O9Si. The van der Waals surface area contributed by atoms with Crippen molar-refractivity contribution in [2.75, 3.05) is 45.2 Å². The quantitative estimate of drug-likeness (QED) is 0.124. The van der Waals surface area contributed by atoms with Crippen LogP contribution in [0.25, 0.3) is 0 Å². The largest absolute Gasteiger partial charge is 0.514 e. The molecule has 3 heterocycles. The Morgan fingerprint density at radius 3 is 2.39 bits per heavy atom. The first-order chi connectivity index (χ1) is 29.1. The molecule has 1 N–H and O–H groups in total. The van der Waals surface area contributed by atoms with E-state index in [1.165, 1.54) is 0 Å². The van der Waals surface area contributed by atoms with Gasteiger partial charge in [0.1, 0.15) is 29.3 Å². The van der Waals surface area contributed by atoms with Crippen molar-refractivity contribution >= 4 is 31.7 Å². The molecule has 5 aliphatic rings. The lowest BCUT2D eigenvalue weighted by Gasteiger charge is -2.55. The molecule has 3 unspecified atom stereocenters. The predicted octanol–water partition coefficient (Wildman–Crippen LogP) is 9.24. The molecule has 1 aromatic heterocycles. The number of fused-ring (bicyclic) bond motifs is 8. The van der Waals surface area contributed by atoms with Gasteiger partial charge in [0.25, 0.3) is 5.88 Å². The standard InChI is InChI=1S/C48H64N4O9Si/c1-13-52(14-2)39-32-23-29-22-30-35(33(58-45(56)59-46(3,4)5)24-31-37-28(20-21-50(37)9)25-51(10)38(30)31)40(53)34(29)42(54)48(32,61-62(11,12)47(6,7)8)43(55)36-41(39)60-49-44(36)57-26-27-18-16-15-17-19-27/h15-19,24,28-29,32,37,39,54H,13-14,20-23,25-26H2,1-12H3/t28?,29-,32-,37?,39-,48?/m0/s1. The zero-order chi connectivity index (χ0) is 44.8. The van der Waals surface area contributed by atoms with Gasteiger partial charge in [-0.15, -0.1) is 0 Å². The first-order valence-corrected chi connectivity index (χ1v) is 25.2. The van der Waals surface area contributed by atoms with E-state index in [1.54, 1.807) is 20.8 Å². The minimum Gasteiger partial charge on any atom is -0.508 e. The van der Waals surface area contributed by atoms with E-state index in [4.69, 9.17) is 23.2 Å². The summed E-state index contributed by atoms with van der Waals surface area (Å²) in [5.74, 6) is -1.78. The third-order valence-electron chi connectivity index (χ3n) is 14.5. The summed E-state index contributed by atoms with van der Waals surface area (Å²) in [6.07, 6.45) is 0.782. The monoisotopic (exact) mass is 868 g/mol. The van der Waals surface area contributed by atoms with Gasteiger partial charge in [0, 0.05) is 36.8 Å². The average molecular weight is 869 g/mol. The molecule has 2 aromatic carbocycles. The van der Waals surface area contributed by atoms with E-state index in [1.807, 2.05) is 36.4 Å². The lowest BCUT2D eigenvalue weighted by Crippen LogP contribution is -2.65. The zero-order valence-electron chi connectivity index (χ0n) is 38.5. The second-order valence-corrected chi connectivity index (χ2v) is 25.2. The van der Waals surface area contributed by atoms with Gasteiger partial charge in [-0.2, -0.15) is 0 Å². The minimum absolute atomic E-state index is 0.0146. The van der Waals surface area contributed by atoms with Crippen molar-refractivity contribution in [1.29, 1.82) is 0 Å². The number of Topliss-reactive ketones (excluding diaryl/α,β-unsaturated/α-hetero) is 2. The SMILES string of the molecule is CCN(CC)[C@@H]1c2onc(OCc3ccccc3)c2C(=O)C2(O[Si](C)(C)C(C)(C)C)C(O)=C3C(=O)c4c(OC(=O)OC(C)(C)C)cc5c(c4C[C@H]3C[C@@H]12)N(C)CC1CCN(C)C51. The van der Waals surface area contributed by atoms with Gasteiger partial charge < -0.3 is 33.2 Å². The Hall–Kier alpha value is -4.50. The number of rotatable bonds is 9. The van der Waals surface area contributed by atoms with Crippen LogP contribution in [-0.2, 0) is 22.2 Å². The molecule has 14 heteroatoms. The molecule has 6 atom stereocenters. The van der Waals surface area contributed by atoms with E-state index in [-0.39, 0.29) is 41.0 Å². The number of likely N-dealkylation sites (tertiary alicyclic amines) is 1. The summed E-state index contributed by atoms with van der Waals surface area (Å²) < 4.78 is 31.6. The topological polar surface area (TPSA) is 144 Å². The molecule has 8 rings (SSSR count). The van der Waals surface area contributed by atoms with Gasteiger partial charge in [-0.25, -0.2) is 4.79 Å². The number of hydrogen-bond donors (Lipinski definition) is 1. The molecular weight excluding hydrogens is 805 g/mol. The first-order valence-electron chi connectivity index (χ1n) is 22.3. The molecule has 3 aromatic rings. The summed E-state index contributed by atoms with van der Waals surface area (Å²) >= 11 is 0. The second kappa shape index (κ2) is 15.6. The van der Waals surface area contributed by atoms with Crippen molar-refractivity contribution in [2.24, 2.45) is 17.8 Å². The van der Waals surface area contributed by atoms with Crippen molar-refractivity contribution < 1.29 is 42.6 Å². The highest BCUT2D eigenvalue weighted by Crippen LogP contribution is 2.61. The van der Waals surface area contributed by atoms with Crippen LogP contribution in [0.4, 0.5) is 10.5 Å². The first kappa shape index (κ1) is 44.1. The van der Waals surface area contributed by atoms with Crippen molar-refractivity contribution in [3.05, 3.63) is 81.3 Å². The van der Waals surface area contributed by atoms with Crippen molar-refractivity contribution in [3.63, 3.8) is 0 Å². The predicted molar refractivity (Wildman–Crippen MR) is 238 cm³/mol. The highest BCUT2D eigenvalue weighted by atomic mass is 28.4. The second-order valence-electron chi connectivity index (χ2n) is 20.5. The fourth-order valence-electron chi connectivity index (χ4n) is 10.7. The summed E-state index contributed by atoms with van der Waals surface area (Å²) in [4.78, 5) is 51.9. The number of anilines is 1. The van der Waals surface area contributed by atoms with Crippen molar-refractivity contribution in [2.45, 2.75) is 123 Å². The van der Waals surface area contributed by atoms with E-state index in [2.05, 4.69) is 81.7 Å². The Morgan fingerprint density at radius 2 is 1.74 bits per heavy atom. The lowest BCUT2D eigenvalue weighted by molar-refractivity contribution is -0.0545. The van der Waals surface area contributed by atoms with Crippen molar-refractivity contribution in [1.82, 2.24) is 15.0 Å². The molecule has 0 bridgehead atoms. The molecule has 62 heavy (non-hydrogen) atoms. The summed E-state index contributed by atoms with van der Waals surface area (Å²) in [7, 11) is 1.22. The van der Waals surface area contributed by atoms with Crippen molar-refractivity contribution in [3.8, 4) is 11.6 Å². The number of carbonyl (C=O) groups is 3. The number of ketones is 2. The summed E-state index contributed by atoms with van der Waals surface area (Å²) in [5.41, 5.74) is 1.17. The Labute approximate surface area is 366 Å². The Morgan fingerprint density at radius 1 is 1.05 bits per heavy atom. The normalized spacial score (nSPS) is 26.1. The summed E-state index contributed by atoms with van der Waals surface area (Å²) in [6.45, 7) is 22.8. The number of aromatic nitrogens is 1. The fourth-order valence-corrected chi connectivity index (χ4v) is 12.2. The van der Waals surface area contributed by atoms with Gasteiger partial charge in [-0.1, -0.05) is 65.0 Å². The van der Waals surface area contributed by atoms with Gasteiger partial charge in [0.15, 0.2) is 25.5 Å². The summed E-state index contributed by atoms with van der Waals surface area (Å²) in [5, 5.41) is 17.3. The van der Waals surface area contributed by atoms with Crippen LogP contribution in [-0.4, -0.2) is 97.6 Å². The molecule has 2 aliphatic heterocycles. The van der Waals surface area contributed by atoms with Crippen LogP contribution < -0.4 is 14.4 Å². The van der Waals surface area contributed by atoms with E-state index in [0.717, 1.165) is 41.9 Å². The van der Waals surface area contributed by atoms with Crippen LogP contribution in [0.5, 0.6) is 11.6 Å². The smallest absolute Gasteiger partial charge is 0.508 e. The highest BCUT2D eigenvalue weighted by molar-refractivity contribution is 6.74. The van der Waals surface area contributed by atoms with Crippen LogP contribution >= 0.6 is 0 Å². The van der Waals surface area contributed by atoms with Crippen LogP contribution in [0.2, 0.25) is 18.1 Å². The number of ether oxygens (including phenoxy) is 3. The molecule has 0 saturated carbocycles. The molecule has 0 spiro atoms. The van der Waals surface area contributed by atoms with Gasteiger partial charge in [0.2, 0.25) is 5.78 Å². The number of allylic oxidation sites excluding steroid dienone is 1. The lowest BCUT2D eigenvalue weighted by atomic mass is 9.58. The number of nitrogens with zero attached hydrogens (tertiary/aromatic N) is 4. The van der Waals surface area contributed by atoms with Gasteiger partial charge >= 0.3 is 6.16 Å². The fraction of sp³-hybridized carbons (Fsp3) is 0.583. The molecule has 13 nitrogen and oxygen atoms in total. The van der Waals surface area contributed by atoms with E-state index < -0.39 is 65.9 Å². The highest BCUT2D eigenvalue weighted by Gasteiger charge is 2.68. The van der Waals surface area contributed by atoms with Crippen LogP contribution in [0, 0.1) is 17.8 Å². The number of aliphatic hydroxyl groups excluding tert-OH is 1. The molecule has 1 saturated heterocycles. The van der Waals surface area contributed by atoms with E-state index in [9.17, 15) is 9.90 Å². The molecule has 3 aliphatic carbocycles. The average Bonchev–Trinajstić information content (AvgIpc) is 3.78. The third kappa shape index (κ3) is 7.09. The van der Waals surface area contributed by atoms with Gasteiger partial charge in [-0.3, -0.25) is 19.4 Å². The number of carbonyl (C=O) groups excluding carboxylic acids is 3. The molecule has 0 amide bonds. The maximum atomic E-state index is 15.9. The minimum atomic E-state index is -2.96. The van der Waals surface area contributed by atoms with Crippen LogP contribution in [0.3, 0.4) is 0 Å². The summed E-state index contributed by atoms with van der Waals surface area (Å²) in [6, 6.07) is 10.9. The zero-order valence-corrected chi connectivity index (χ0v) is 39.5. The number of hydrogen-bond acceptors (Lipinski definition) is 13. The molecule has 0 radical (unpaired) electrons.